The quantitative estimate of drug-likeness (QED) is 0.857. The molecule has 15 heavy (non-hydrogen) atoms. The van der Waals surface area contributed by atoms with Gasteiger partial charge in [-0.15, -0.1) is 0 Å². The molecule has 1 aromatic rings. The molecule has 5 heteroatoms. The van der Waals surface area contributed by atoms with Crippen LogP contribution in [0.5, 0.6) is 0 Å². The third kappa shape index (κ3) is 3.35. The number of methoxy groups -OCH3 is 1. The fraction of sp³-hybridized carbons (Fsp3) is 0.500. The van der Waals surface area contributed by atoms with Crippen molar-refractivity contribution >= 4 is 21.9 Å². The molecule has 1 N–H and O–H groups in total. The van der Waals surface area contributed by atoms with Crippen LogP contribution in [0.4, 0.5) is 0 Å². The second-order valence-corrected chi connectivity index (χ2v) is 4.06. The largest absolute Gasteiger partial charge is 0.468 e. The van der Waals surface area contributed by atoms with Gasteiger partial charge >= 0.3 is 5.97 Å². The van der Waals surface area contributed by atoms with Crippen LogP contribution >= 0.6 is 15.9 Å². The molecule has 2 atom stereocenters. The minimum atomic E-state index is -0.353. The summed E-state index contributed by atoms with van der Waals surface area (Å²) >= 11 is 3.22. The van der Waals surface area contributed by atoms with Crippen LogP contribution in [0, 0.1) is 0 Å². The predicted molar refractivity (Wildman–Crippen MR) is 59.4 cm³/mol. The van der Waals surface area contributed by atoms with E-state index < -0.39 is 0 Å². The molecule has 4 nitrogen and oxygen atoms in total. The normalized spacial score (nSPS) is 14.7. The lowest BCUT2D eigenvalue weighted by molar-refractivity contribution is -0.142. The third-order valence-corrected chi connectivity index (χ3v) is 2.50. The highest BCUT2D eigenvalue weighted by molar-refractivity contribution is 9.10. The Morgan fingerprint density at radius 2 is 2.20 bits per heavy atom. The summed E-state index contributed by atoms with van der Waals surface area (Å²) in [5, 5.41) is 3.07. The highest BCUT2D eigenvalue weighted by Crippen LogP contribution is 2.20. The van der Waals surface area contributed by atoms with Gasteiger partial charge in [-0.3, -0.25) is 10.1 Å². The van der Waals surface area contributed by atoms with Crippen molar-refractivity contribution in [2.75, 3.05) is 7.11 Å². The van der Waals surface area contributed by atoms with Crippen LogP contribution < -0.4 is 5.32 Å². The molecule has 0 spiro atoms. The number of nitrogens with one attached hydrogen (secondary N) is 1. The number of furan rings is 1. The Morgan fingerprint density at radius 1 is 1.53 bits per heavy atom. The average Bonchev–Trinajstić information content (AvgIpc) is 2.63. The topological polar surface area (TPSA) is 51.5 Å². The second kappa shape index (κ2) is 5.32. The van der Waals surface area contributed by atoms with Crippen LogP contribution in [0.3, 0.4) is 0 Å². The fourth-order valence-corrected chi connectivity index (χ4v) is 1.58. The zero-order chi connectivity index (χ0) is 11.4. The van der Waals surface area contributed by atoms with Crippen LogP contribution in [-0.2, 0) is 9.53 Å². The maximum Gasteiger partial charge on any atom is 0.322 e. The van der Waals surface area contributed by atoms with E-state index in [0.29, 0.717) is 4.67 Å². The molecule has 84 valence electrons. The van der Waals surface area contributed by atoms with Crippen molar-refractivity contribution < 1.29 is 13.9 Å². The van der Waals surface area contributed by atoms with E-state index in [4.69, 9.17) is 4.42 Å². The monoisotopic (exact) mass is 275 g/mol. The van der Waals surface area contributed by atoms with Gasteiger partial charge in [-0.2, -0.15) is 0 Å². The molecule has 1 unspecified atom stereocenters. The SMILES string of the molecule is COC(=O)[C@H](C)NC(C)c1ccc(Br)o1. The number of hydrogen-bond acceptors (Lipinski definition) is 4. The van der Waals surface area contributed by atoms with Crippen molar-refractivity contribution in [1.29, 1.82) is 0 Å². The van der Waals surface area contributed by atoms with E-state index in [2.05, 4.69) is 26.0 Å². The number of carbonyl (C=O) groups excluding carboxylic acids is 1. The minimum Gasteiger partial charge on any atom is -0.468 e. The van der Waals surface area contributed by atoms with Gasteiger partial charge in [0.15, 0.2) is 4.67 Å². The van der Waals surface area contributed by atoms with E-state index in [-0.39, 0.29) is 18.1 Å². The minimum absolute atomic E-state index is 0.0367. The van der Waals surface area contributed by atoms with Crippen LogP contribution in [0.15, 0.2) is 21.2 Å². The smallest absolute Gasteiger partial charge is 0.322 e. The maximum absolute atomic E-state index is 11.2. The Kier molecular flexibility index (Phi) is 4.35. The molecule has 1 heterocycles. The summed E-state index contributed by atoms with van der Waals surface area (Å²) in [5.74, 6) is 0.491. The Balaban J connectivity index is 2.55. The summed E-state index contributed by atoms with van der Waals surface area (Å²) in [6, 6.07) is 3.28. The molecule has 0 radical (unpaired) electrons. The van der Waals surface area contributed by atoms with E-state index in [0.717, 1.165) is 5.76 Å². The highest BCUT2D eigenvalue weighted by Gasteiger charge is 2.18. The van der Waals surface area contributed by atoms with Gasteiger partial charge in [-0.25, -0.2) is 0 Å². The van der Waals surface area contributed by atoms with Crippen molar-refractivity contribution in [2.45, 2.75) is 25.9 Å². The molecule has 0 saturated carbocycles. The first kappa shape index (κ1) is 12.3. The summed E-state index contributed by atoms with van der Waals surface area (Å²) in [4.78, 5) is 11.2. The lowest BCUT2D eigenvalue weighted by atomic mass is 10.2. The molecule has 0 saturated heterocycles. The summed E-state index contributed by atoms with van der Waals surface area (Å²) in [5.41, 5.74) is 0. The summed E-state index contributed by atoms with van der Waals surface area (Å²) < 4.78 is 10.7. The zero-order valence-electron chi connectivity index (χ0n) is 8.91. The average molecular weight is 276 g/mol. The lowest BCUT2D eigenvalue weighted by Gasteiger charge is -2.16. The van der Waals surface area contributed by atoms with E-state index in [1.807, 2.05) is 19.1 Å². The Labute approximate surface area is 97.1 Å². The first-order valence-corrected chi connectivity index (χ1v) is 5.43. The molecule has 0 aromatic carbocycles. The Morgan fingerprint density at radius 3 is 2.67 bits per heavy atom. The van der Waals surface area contributed by atoms with Gasteiger partial charge in [0.25, 0.3) is 0 Å². The van der Waals surface area contributed by atoms with Crippen LogP contribution in [-0.4, -0.2) is 19.1 Å². The van der Waals surface area contributed by atoms with Crippen molar-refractivity contribution in [3.05, 3.63) is 22.6 Å². The third-order valence-electron chi connectivity index (χ3n) is 2.08. The van der Waals surface area contributed by atoms with Gasteiger partial charge in [0.05, 0.1) is 13.2 Å². The molecule has 0 fully saturated rings. The van der Waals surface area contributed by atoms with E-state index >= 15 is 0 Å². The zero-order valence-corrected chi connectivity index (χ0v) is 10.5. The summed E-state index contributed by atoms with van der Waals surface area (Å²) in [6.45, 7) is 3.67. The van der Waals surface area contributed by atoms with Crippen LogP contribution in [0.25, 0.3) is 0 Å². The highest BCUT2D eigenvalue weighted by atomic mass is 79.9. The van der Waals surface area contributed by atoms with E-state index in [1.54, 1.807) is 6.92 Å². The van der Waals surface area contributed by atoms with Crippen molar-refractivity contribution in [1.82, 2.24) is 5.32 Å². The lowest BCUT2D eigenvalue weighted by Crippen LogP contribution is -2.36. The predicted octanol–water partition coefficient (Wildman–Crippen LogP) is 2.25. The molecule has 0 aliphatic carbocycles. The fourth-order valence-electron chi connectivity index (χ4n) is 1.26. The van der Waals surface area contributed by atoms with Crippen LogP contribution in [0.2, 0.25) is 0 Å². The number of carbonyl (C=O) groups is 1. The van der Waals surface area contributed by atoms with Gasteiger partial charge < -0.3 is 9.15 Å². The molecule has 1 aromatic heterocycles. The van der Waals surface area contributed by atoms with Gasteiger partial charge in [0.2, 0.25) is 0 Å². The molecule has 0 bridgehead atoms. The van der Waals surface area contributed by atoms with Gasteiger partial charge in [-0.1, -0.05) is 0 Å². The molecular weight excluding hydrogens is 262 g/mol. The summed E-state index contributed by atoms with van der Waals surface area (Å²) in [6.07, 6.45) is 0. The van der Waals surface area contributed by atoms with Gasteiger partial charge in [0, 0.05) is 0 Å². The van der Waals surface area contributed by atoms with E-state index in [1.165, 1.54) is 7.11 Å². The molecule has 0 amide bonds. The number of esters is 1. The number of ether oxygens (including phenoxy) is 1. The van der Waals surface area contributed by atoms with Crippen molar-refractivity contribution in [2.24, 2.45) is 0 Å². The second-order valence-electron chi connectivity index (χ2n) is 3.28. The number of hydrogen-bond donors (Lipinski definition) is 1. The summed E-state index contributed by atoms with van der Waals surface area (Å²) in [7, 11) is 1.37. The maximum atomic E-state index is 11.2. The first-order valence-electron chi connectivity index (χ1n) is 4.63. The molecule has 1 rings (SSSR count). The molecule has 0 aliphatic heterocycles. The Hall–Kier alpha value is -0.810. The molecule has 0 aliphatic rings. The van der Waals surface area contributed by atoms with E-state index in [9.17, 15) is 4.79 Å². The van der Waals surface area contributed by atoms with Gasteiger partial charge in [0.1, 0.15) is 11.8 Å². The van der Waals surface area contributed by atoms with Crippen molar-refractivity contribution in [3.8, 4) is 0 Å². The molecular formula is C10H14BrNO3. The number of rotatable bonds is 4. The first-order chi connectivity index (χ1) is 7.04. The number of halogens is 1. The van der Waals surface area contributed by atoms with Crippen molar-refractivity contribution in [3.63, 3.8) is 0 Å². The standard InChI is InChI=1S/C10H14BrNO3/c1-6(8-4-5-9(11)15-8)12-7(2)10(13)14-3/h4-7,12H,1-3H3/t6?,7-/m0/s1. The Bertz CT molecular complexity index is 337. The van der Waals surface area contributed by atoms with Gasteiger partial charge in [-0.05, 0) is 41.9 Å². The van der Waals surface area contributed by atoms with Crippen LogP contribution in [0.1, 0.15) is 25.6 Å².